The summed E-state index contributed by atoms with van der Waals surface area (Å²) < 4.78 is 5.65. The number of rotatable bonds is 3. The van der Waals surface area contributed by atoms with Gasteiger partial charge in [0, 0.05) is 16.5 Å². The van der Waals surface area contributed by atoms with Crippen molar-refractivity contribution in [2.24, 2.45) is 0 Å². The largest absolute Gasteiger partial charge is 0.492 e. The highest BCUT2D eigenvalue weighted by atomic mass is 16.6. The lowest BCUT2D eigenvalue weighted by atomic mass is 9.79. The highest BCUT2D eigenvalue weighted by Gasteiger charge is 2.38. The second-order valence-electron chi connectivity index (χ2n) is 4.52. The van der Waals surface area contributed by atoms with Gasteiger partial charge in [-0.05, 0) is 18.6 Å². The third-order valence-electron chi connectivity index (χ3n) is 3.40. The van der Waals surface area contributed by atoms with Crippen LogP contribution in [0.1, 0.15) is 36.2 Å². The fourth-order valence-electron chi connectivity index (χ4n) is 2.20. The zero-order valence-corrected chi connectivity index (χ0v) is 10.4. The Labute approximate surface area is 101 Å². The van der Waals surface area contributed by atoms with Gasteiger partial charge in [0.25, 0.3) is 5.91 Å². The number of ether oxygens (including phenoxy) is 1. The van der Waals surface area contributed by atoms with E-state index in [1.54, 1.807) is 6.07 Å². The van der Waals surface area contributed by atoms with E-state index in [2.05, 4.69) is 24.2 Å². The van der Waals surface area contributed by atoms with Gasteiger partial charge in [-0.25, -0.2) is 5.48 Å². The maximum absolute atomic E-state index is 11.9. The molecule has 92 valence electrons. The van der Waals surface area contributed by atoms with E-state index < -0.39 is 0 Å². The van der Waals surface area contributed by atoms with Crippen molar-refractivity contribution >= 4 is 5.91 Å². The summed E-state index contributed by atoms with van der Waals surface area (Å²) in [4.78, 5) is 16.6. The molecule has 4 heteroatoms. The van der Waals surface area contributed by atoms with Gasteiger partial charge in [0.15, 0.2) is 0 Å². The molecule has 0 spiro atoms. The van der Waals surface area contributed by atoms with Gasteiger partial charge < -0.3 is 4.74 Å². The maximum atomic E-state index is 11.9. The van der Waals surface area contributed by atoms with Crippen LogP contribution < -0.4 is 10.2 Å². The molecule has 1 heterocycles. The average molecular weight is 235 g/mol. The third kappa shape index (κ3) is 1.89. The third-order valence-corrected chi connectivity index (χ3v) is 3.40. The molecule has 0 bridgehead atoms. The predicted molar refractivity (Wildman–Crippen MR) is 64.1 cm³/mol. The Bertz CT molecular complexity index is 444. The number of carbonyl (C=O) groups excluding carboxylic acids is 1. The molecule has 1 amide bonds. The molecule has 0 saturated carbocycles. The first-order chi connectivity index (χ1) is 8.12. The first-order valence-electron chi connectivity index (χ1n) is 5.72. The number of benzene rings is 1. The lowest BCUT2D eigenvalue weighted by Crippen LogP contribution is -2.28. The first-order valence-corrected chi connectivity index (χ1v) is 5.72. The quantitative estimate of drug-likeness (QED) is 0.815. The number of carbonyl (C=O) groups is 1. The first kappa shape index (κ1) is 11.9. The van der Waals surface area contributed by atoms with Crippen LogP contribution in [0, 0.1) is 0 Å². The van der Waals surface area contributed by atoms with Gasteiger partial charge in [-0.2, -0.15) is 0 Å². The Morgan fingerprint density at radius 1 is 1.59 bits per heavy atom. The van der Waals surface area contributed by atoms with Gasteiger partial charge in [0.1, 0.15) is 5.75 Å². The van der Waals surface area contributed by atoms with Crippen molar-refractivity contribution in [1.29, 1.82) is 0 Å². The summed E-state index contributed by atoms with van der Waals surface area (Å²) in [6, 6.07) is 5.53. The molecule has 1 aliphatic rings. The molecule has 17 heavy (non-hydrogen) atoms. The molecule has 1 aromatic rings. The van der Waals surface area contributed by atoms with Gasteiger partial charge in [0.05, 0.1) is 13.7 Å². The molecule has 0 saturated heterocycles. The topological polar surface area (TPSA) is 47.6 Å². The van der Waals surface area contributed by atoms with Gasteiger partial charge in [-0.15, -0.1) is 0 Å². The summed E-state index contributed by atoms with van der Waals surface area (Å²) in [6.45, 7) is 4.84. The van der Waals surface area contributed by atoms with Crippen molar-refractivity contribution < 1.29 is 14.4 Å². The minimum absolute atomic E-state index is 0.100. The molecule has 0 radical (unpaired) electrons. The average Bonchev–Trinajstić information content (AvgIpc) is 2.69. The zero-order chi connectivity index (χ0) is 12.5. The molecule has 0 unspecified atom stereocenters. The van der Waals surface area contributed by atoms with Crippen molar-refractivity contribution in [3.05, 3.63) is 29.3 Å². The lowest BCUT2D eigenvalue weighted by molar-refractivity contribution is 0.0535. The monoisotopic (exact) mass is 235 g/mol. The van der Waals surface area contributed by atoms with Crippen molar-refractivity contribution in [1.82, 2.24) is 5.48 Å². The number of amides is 1. The Morgan fingerprint density at radius 2 is 2.35 bits per heavy atom. The van der Waals surface area contributed by atoms with Crippen molar-refractivity contribution in [2.45, 2.75) is 25.7 Å². The van der Waals surface area contributed by atoms with Crippen LogP contribution in [0.25, 0.3) is 0 Å². The molecule has 1 aromatic carbocycles. The molecular weight excluding hydrogens is 218 g/mol. The van der Waals surface area contributed by atoms with Crippen LogP contribution in [0.3, 0.4) is 0 Å². The SMILES string of the molecule is CC[C@]1(C)COc2cccc(C(=O)NOC)c21. The summed E-state index contributed by atoms with van der Waals surface area (Å²) >= 11 is 0. The van der Waals surface area contributed by atoms with E-state index in [1.807, 2.05) is 12.1 Å². The van der Waals surface area contributed by atoms with E-state index in [-0.39, 0.29) is 11.3 Å². The molecule has 1 atom stereocenters. The van der Waals surface area contributed by atoms with Crippen LogP contribution in [0.15, 0.2) is 18.2 Å². The summed E-state index contributed by atoms with van der Waals surface area (Å²) in [7, 11) is 1.43. The predicted octanol–water partition coefficient (Wildman–Crippen LogP) is 2.04. The Hall–Kier alpha value is -1.55. The minimum Gasteiger partial charge on any atom is -0.492 e. The summed E-state index contributed by atoms with van der Waals surface area (Å²) in [5, 5.41) is 0. The van der Waals surface area contributed by atoms with Gasteiger partial charge in [0.2, 0.25) is 0 Å². The molecule has 0 aromatic heterocycles. The highest BCUT2D eigenvalue weighted by Crippen LogP contribution is 2.42. The van der Waals surface area contributed by atoms with Crippen LogP contribution in [-0.2, 0) is 10.3 Å². The van der Waals surface area contributed by atoms with Crippen LogP contribution in [0.5, 0.6) is 5.75 Å². The molecular formula is C13H17NO3. The normalized spacial score (nSPS) is 21.8. The number of hydroxylamine groups is 1. The highest BCUT2D eigenvalue weighted by molar-refractivity contribution is 5.96. The Balaban J connectivity index is 2.49. The van der Waals surface area contributed by atoms with E-state index in [0.29, 0.717) is 12.2 Å². The van der Waals surface area contributed by atoms with E-state index in [4.69, 9.17) is 4.74 Å². The van der Waals surface area contributed by atoms with Crippen molar-refractivity contribution in [3.63, 3.8) is 0 Å². The van der Waals surface area contributed by atoms with Crippen LogP contribution in [0.4, 0.5) is 0 Å². The number of hydrogen-bond donors (Lipinski definition) is 1. The Kier molecular flexibility index (Phi) is 3.07. The number of nitrogens with one attached hydrogen (secondary N) is 1. The van der Waals surface area contributed by atoms with E-state index >= 15 is 0 Å². The van der Waals surface area contributed by atoms with Crippen molar-refractivity contribution in [2.75, 3.05) is 13.7 Å². The van der Waals surface area contributed by atoms with Gasteiger partial charge in [-0.1, -0.05) is 19.9 Å². The molecule has 4 nitrogen and oxygen atoms in total. The van der Waals surface area contributed by atoms with Crippen molar-refractivity contribution in [3.8, 4) is 5.75 Å². The lowest BCUT2D eigenvalue weighted by Gasteiger charge is -2.22. The molecule has 0 fully saturated rings. The smallest absolute Gasteiger partial charge is 0.275 e. The maximum Gasteiger partial charge on any atom is 0.275 e. The second kappa shape index (κ2) is 4.37. The fourth-order valence-corrected chi connectivity index (χ4v) is 2.20. The van der Waals surface area contributed by atoms with E-state index in [0.717, 1.165) is 17.7 Å². The van der Waals surface area contributed by atoms with E-state index in [1.165, 1.54) is 7.11 Å². The van der Waals surface area contributed by atoms with Crippen LogP contribution in [-0.4, -0.2) is 19.6 Å². The number of fused-ring (bicyclic) bond motifs is 1. The van der Waals surface area contributed by atoms with Crippen LogP contribution >= 0.6 is 0 Å². The summed E-state index contributed by atoms with van der Waals surface area (Å²) in [5.74, 6) is 0.577. The Morgan fingerprint density at radius 3 is 3.00 bits per heavy atom. The van der Waals surface area contributed by atoms with E-state index in [9.17, 15) is 4.79 Å². The molecule has 1 N–H and O–H groups in total. The molecule has 0 aliphatic carbocycles. The standard InChI is InChI=1S/C13H17NO3/c1-4-13(2)8-17-10-7-5-6-9(11(10)13)12(15)14-16-3/h5-7H,4,8H2,1-3H3,(H,14,15)/t13-/m1/s1. The van der Waals surface area contributed by atoms with Gasteiger partial charge in [-0.3, -0.25) is 9.63 Å². The van der Waals surface area contributed by atoms with Crippen LogP contribution in [0.2, 0.25) is 0 Å². The minimum atomic E-state index is -0.227. The second-order valence-corrected chi connectivity index (χ2v) is 4.52. The summed E-state index contributed by atoms with van der Waals surface area (Å²) in [6.07, 6.45) is 0.928. The molecule has 2 rings (SSSR count). The zero-order valence-electron chi connectivity index (χ0n) is 10.4. The summed E-state index contributed by atoms with van der Waals surface area (Å²) in [5.41, 5.74) is 3.87. The fraction of sp³-hybridized carbons (Fsp3) is 0.462. The van der Waals surface area contributed by atoms with Gasteiger partial charge >= 0.3 is 0 Å². The number of hydrogen-bond acceptors (Lipinski definition) is 3. The molecule has 1 aliphatic heterocycles.